The Hall–Kier alpha value is -3.26. The quantitative estimate of drug-likeness (QED) is 0.145. The van der Waals surface area contributed by atoms with Crippen LogP contribution in [0, 0.1) is 0 Å². The van der Waals surface area contributed by atoms with E-state index in [1.54, 1.807) is 0 Å². The molecule has 0 aromatic heterocycles. The minimum absolute atomic E-state index is 0.0415. The van der Waals surface area contributed by atoms with E-state index in [0.717, 1.165) is 6.92 Å². The number of carbonyl (C=O) groups excluding carboxylic acids is 3. The van der Waals surface area contributed by atoms with Crippen LogP contribution in [0.2, 0.25) is 0 Å². The Morgan fingerprint density at radius 3 is 1.74 bits per heavy atom. The van der Waals surface area contributed by atoms with E-state index in [0.29, 0.717) is 5.56 Å². The number of amides is 3. The molecule has 0 saturated heterocycles. The SMILES string of the molecule is CC(O)C(N)C(=O)NC(C(=O)NC(Cc1ccc(O)cc1)C(=O)NC(C(=O)O)C(C)O)C(C)O. The number of nitrogens with one attached hydrogen (secondary N) is 3. The van der Waals surface area contributed by atoms with Gasteiger partial charge >= 0.3 is 5.97 Å². The monoisotopic (exact) mass is 484 g/mol. The highest BCUT2D eigenvalue weighted by Gasteiger charge is 2.34. The van der Waals surface area contributed by atoms with E-state index >= 15 is 0 Å². The first-order valence-electron chi connectivity index (χ1n) is 10.5. The molecule has 3 amide bonds. The molecule has 34 heavy (non-hydrogen) atoms. The molecule has 0 heterocycles. The first-order valence-corrected chi connectivity index (χ1v) is 10.5. The first kappa shape index (κ1) is 28.8. The van der Waals surface area contributed by atoms with E-state index in [9.17, 15) is 44.7 Å². The standard InChI is InChI=1S/C21H32N4O9/c1-9(26)15(22)19(31)24-16(10(2)27)20(32)23-14(8-12-4-6-13(29)7-5-12)18(30)25-17(11(3)28)21(33)34/h4-7,9-11,14-17,26-29H,8,22H2,1-3H3,(H,23,32)(H,24,31)(H,25,30)(H,33,34). The van der Waals surface area contributed by atoms with Gasteiger partial charge in [-0.25, -0.2) is 4.79 Å². The predicted molar refractivity (Wildman–Crippen MR) is 118 cm³/mol. The van der Waals surface area contributed by atoms with Gasteiger partial charge in [-0.1, -0.05) is 12.1 Å². The van der Waals surface area contributed by atoms with Crippen molar-refractivity contribution in [1.29, 1.82) is 0 Å². The Morgan fingerprint density at radius 2 is 1.29 bits per heavy atom. The first-order chi connectivity index (χ1) is 15.7. The van der Waals surface area contributed by atoms with Crippen molar-refractivity contribution >= 4 is 23.7 Å². The van der Waals surface area contributed by atoms with Crippen molar-refractivity contribution in [3.8, 4) is 5.75 Å². The molecule has 0 bridgehead atoms. The minimum Gasteiger partial charge on any atom is -0.508 e. The number of aliphatic carboxylic acids is 1. The second-order valence-corrected chi connectivity index (χ2v) is 7.99. The molecule has 0 aliphatic heterocycles. The lowest BCUT2D eigenvalue weighted by Crippen LogP contribution is -2.61. The topological polar surface area (TPSA) is 232 Å². The van der Waals surface area contributed by atoms with Crippen LogP contribution in [0.25, 0.3) is 0 Å². The van der Waals surface area contributed by atoms with Crippen LogP contribution in [0.4, 0.5) is 0 Å². The lowest BCUT2D eigenvalue weighted by molar-refractivity contribution is -0.145. The van der Waals surface area contributed by atoms with Crippen LogP contribution in [0.5, 0.6) is 5.75 Å². The Kier molecular flexibility index (Phi) is 10.9. The number of carbonyl (C=O) groups is 4. The van der Waals surface area contributed by atoms with Crippen molar-refractivity contribution in [2.75, 3.05) is 0 Å². The summed E-state index contributed by atoms with van der Waals surface area (Å²) in [6.45, 7) is 3.64. The van der Waals surface area contributed by atoms with Gasteiger partial charge < -0.3 is 47.2 Å². The van der Waals surface area contributed by atoms with Crippen LogP contribution >= 0.6 is 0 Å². The summed E-state index contributed by atoms with van der Waals surface area (Å²) >= 11 is 0. The number of rotatable bonds is 12. The number of hydrogen-bond acceptors (Lipinski definition) is 9. The molecular weight excluding hydrogens is 452 g/mol. The van der Waals surface area contributed by atoms with Crippen molar-refractivity contribution < 1.29 is 44.7 Å². The third-order valence-corrected chi connectivity index (χ3v) is 4.94. The van der Waals surface area contributed by atoms with Crippen molar-refractivity contribution in [1.82, 2.24) is 16.0 Å². The van der Waals surface area contributed by atoms with Crippen molar-refractivity contribution in [3.63, 3.8) is 0 Å². The summed E-state index contributed by atoms with van der Waals surface area (Å²) in [7, 11) is 0. The second kappa shape index (κ2) is 12.8. The molecule has 13 nitrogen and oxygen atoms in total. The van der Waals surface area contributed by atoms with Gasteiger partial charge in [-0.15, -0.1) is 0 Å². The Bertz CT molecular complexity index is 858. The maximum Gasteiger partial charge on any atom is 0.328 e. The molecule has 1 aromatic rings. The van der Waals surface area contributed by atoms with E-state index in [2.05, 4.69) is 16.0 Å². The van der Waals surface area contributed by atoms with Crippen molar-refractivity contribution in [2.45, 2.75) is 69.7 Å². The average Bonchev–Trinajstić information content (AvgIpc) is 2.74. The fourth-order valence-electron chi connectivity index (χ4n) is 2.85. The van der Waals surface area contributed by atoms with Crippen LogP contribution in [0.1, 0.15) is 26.3 Å². The van der Waals surface area contributed by atoms with Crippen LogP contribution in [0.15, 0.2) is 24.3 Å². The number of carboxylic acid groups (broad SMARTS) is 1. The summed E-state index contributed by atoms with van der Waals surface area (Å²) in [5.74, 6) is -4.40. The van der Waals surface area contributed by atoms with Gasteiger partial charge in [0.15, 0.2) is 6.04 Å². The van der Waals surface area contributed by atoms with Gasteiger partial charge in [0.2, 0.25) is 17.7 Å². The molecule has 0 radical (unpaired) electrons. The molecular formula is C21H32N4O9. The highest BCUT2D eigenvalue weighted by Crippen LogP contribution is 2.12. The molecule has 7 atom stereocenters. The van der Waals surface area contributed by atoms with Gasteiger partial charge in [0.05, 0.1) is 18.3 Å². The Labute approximate surface area is 196 Å². The molecule has 1 aromatic carbocycles. The zero-order valence-electron chi connectivity index (χ0n) is 19.0. The highest BCUT2D eigenvalue weighted by atomic mass is 16.4. The zero-order chi connectivity index (χ0) is 26.2. The third kappa shape index (κ3) is 8.59. The Balaban J connectivity index is 3.14. The molecule has 7 unspecified atom stereocenters. The van der Waals surface area contributed by atoms with E-state index in [1.165, 1.54) is 38.1 Å². The van der Waals surface area contributed by atoms with Crippen molar-refractivity contribution in [3.05, 3.63) is 29.8 Å². The van der Waals surface area contributed by atoms with Gasteiger partial charge in [0, 0.05) is 6.42 Å². The lowest BCUT2D eigenvalue weighted by Gasteiger charge is -2.27. The predicted octanol–water partition coefficient (Wildman–Crippen LogP) is -3.06. The number of nitrogens with two attached hydrogens (primary N) is 1. The summed E-state index contributed by atoms with van der Waals surface area (Å²) in [6, 6.07) is -0.353. The summed E-state index contributed by atoms with van der Waals surface area (Å²) in [5, 5.41) is 54.5. The van der Waals surface area contributed by atoms with E-state index in [-0.39, 0.29) is 12.2 Å². The zero-order valence-corrected chi connectivity index (χ0v) is 19.0. The Morgan fingerprint density at radius 1 is 0.794 bits per heavy atom. The normalized spacial score (nSPS) is 17.3. The van der Waals surface area contributed by atoms with Crippen LogP contribution in [-0.4, -0.2) is 91.7 Å². The molecule has 0 spiro atoms. The number of aromatic hydroxyl groups is 1. The molecule has 13 heteroatoms. The molecule has 0 fully saturated rings. The van der Waals surface area contributed by atoms with E-state index in [1.807, 2.05) is 0 Å². The number of phenolic OH excluding ortho intramolecular Hbond substituents is 1. The van der Waals surface area contributed by atoms with Crippen molar-refractivity contribution in [2.24, 2.45) is 5.73 Å². The van der Waals surface area contributed by atoms with Gasteiger partial charge in [-0.05, 0) is 38.5 Å². The number of phenols is 1. The number of hydrogen-bond donors (Lipinski definition) is 9. The summed E-state index contributed by atoms with van der Waals surface area (Å²) in [6.07, 6.45) is -4.26. The van der Waals surface area contributed by atoms with Gasteiger partial charge in [0.25, 0.3) is 0 Å². The van der Waals surface area contributed by atoms with Crippen LogP contribution < -0.4 is 21.7 Å². The lowest BCUT2D eigenvalue weighted by atomic mass is 10.0. The number of aliphatic hydroxyl groups excluding tert-OH is 3. The average molecular weight is 485 g/mol. The third-order valence-electron chi connectivity index (χ3n) is 4.94. The molecule has 0 aliphatic rings. The summed E-state index contributed by atoms with van der Waals surface area (Å²) < 4.78 is 0. The van der Waals surface area contributed by atoms with E-state index < -0.39 is 66.2 Å². The molecule has 0 aliphatic carbocycles. The smallest absolute Gasteiger partial charge is 0.328 e. The molecule has 1 rings (SSSR count). The largest absolute Gasteiger partial charge is 0.508 e. The molecule has 0 saturated carbocycles. The van der Waals surface area contributed by atoms with Gasteiger partial charge in [-0.2, -0.15) is 0 Å². The molecule has 190 valence electrons. The van der Waals surface area contributed by atoms with E-state index in [4.69, 9.17) is 5.73 Å². The fourth-order valence-corrected chi connectivity index (χ4v) is 2.85. The fraction of sp³-hybridized carbons (Fsp3) is 0.524. The van der Waals surface area contributed by atoms with Crippen LogP contribution in [-0.2, 0) is 25.6 Å². The number of aliphatic hydroxyl groups is 3. The number of carboxylic acids is 1. The molecule has 10 N–H and O–H groups in total. The minimum atomic E-state index is -1.66. The highest BCUT2D eigenvalue weighted by molar-refractivity contribution is 5.94. The number of benzene rings is 1. The second-order valence-electron chi connectivity index (χ2n) is 7.99. The summed E-state index contributed by atoms with van der Waals surface area (Å²) in [4.78, 5) is 49.2. The van der Waals surface area contributed by atoms with Gasteiger partial charge in [0.1, 0.15) is 23.9 Å². The van der Waals surface area contributed by atoms with Crippen LogP contribution in [0.3, 0.4) is 0 Å². The van der Waals surface area contributed by atoms with Gasteiger partial charge in [-0.3, -0.25) is 14.4 Å². The maximum atomic E-state index is 12.9. The summed E-state index contributed by atoms with van der Waals surface area (Å²) in [5.41, 5.74) is 6.03. The maximum absolute atomic E-state index is 12.9.